The number of rotatable bonds is 3. The Bertz CT molecular complexity index is 503. The first-order valence-electron chi connectivity index (χ1n) is 5.78. The highest BCUT2D eigenvalue weighted by molar-refractivity contribution is 6.30. The predicted molar refractivity (Wildman–Crippen MR) is 68.4 cm³/mol. The summed E-state index contributed by atoms with van der Waals surface area (Å²) in [6, 6.07) is 12.1. The van der Waals surface area contributed by atoms with Crippen LogP contribution in [0.4, 0.5) is 0 Å². The van der Waals surface area contributed by atoms with Crippen molar-refractivity contribution in [3.63, 3.8) is 0 Å². The Balaban J connectivity index is 1.92. The first kappa shape index (κ1) is 10.9. The quantitative estimate of drug-likeness (QED) is 0.902. The van der Waals surface area contributed by atoms with Crippen molar-refractivity contribution in [2.45, 2.75) is 11.8 Å². The number of nitrogens with one attached hydrogen (secondary N) is 1. The summed E-state index contributed by atoms with van der Waals surface area (Å²) >= 11 is 6.07. The average molecular weight is 248 g/mol. The lowest BCUT2D eigenvalue weighted by Gasteiger charge is -2.43. The number of halogens is 1. The molecule has 0 aliphatic carbocycles. The minimum Gasteiger partial charge on any atom is -0.469 e. The Labute approximate surface area is 106 Å². The van der Waals surface area contributed by atoms with Gasteiger partial charge in [-0.05, 0) is 29.8 Å². The van der Waals surface area contributed by atoms with Crippen LogP contribution in [0.5, 0.6) is 0 Å². The second-order valence-electron chi connectivity index (χ2n) is 4.65. The lowest BCUT2D eigenvalue weighted by molar-refractivity contribution is 0.258. The summed E-state index contributed by atoms with van der Waals surface area (Å²) in [5, 5.41) is 4.15. The monoisotopic (exact) mass is 247 g/mol. The molecule has 0 atom stereocenters. The standard InChI is InChI=1S/C14H14ClNO/c15-12-4-1-3-11(7-12)14(9-16-10-14)8-13-5-2-6-17-13/h1-7,16H,8-10H2. The van der Waals surface area contributed by atoms with E-state index in [2.05, 4.69) is 17.4 Å². The van der Waals surface area contributed by atoms with Crippen molar-refractivity contribution in [1.29, 1.82) is 0 Å². The van der Waals surface area contributed by atoms with E-state index < -0.39 is 0 Å². The first-order chi connectivity index (χ1) is 8.28. The number of hydrogen-bond acceptors (Lipinski definition) is 2. The van der Waals surface area contributed by atoms with E-state index in [0.29, 0.717) is 0 Å². The van der Waals surface area contributed by atoms with E-state index in [1.54, 1.807) is 6.26 Å². The van der Waals surface area contributed by atoms with E-state index in [1.807, 2.05) is 24.3 Å². The van der Waals surface area contributed by atoms with Gasteiger partial charge in [0.25, 0.3) is 0 Å². The Kier molecular flexibility index (Phi) is 2.69. The zero-order valence-electron chi connectivity index (χ0n) is 9.45. The molecular formula is C14H14ClNO. The van der Waals surface area contributed by atoms with Crippen molar-refractivity contribution in [2.75, 3.05) is 13.1 Å². The normalized spacial score (nSPS) is 17.7. The second kappa shape index (κ2) is 4.21. The summed E-state index contributed by atoms with van der Waals surface area (Å²) in [7, 11) is 0. The number of benzene rings is 1. The first-order valence-corrected chi connectivity index (χ1v) is 6.15. The van der Waals surface area contributed by atoms with Crippen molar-refractivity contribution >= 4 is 11.6 Å². The molecule has 3 heteroatoms. The largest absolute Gasteiger partial charge is 0.469 e. The third kappa shape index (κ3) is 1.99. The molecule has 0 unspecified atom stereocenters. The molecule has 88 valence electrons. The minimum absolute atomic E-state index is 0.142. The molecule has 1 N–H and O–H groups in total. The number of hydrogen-bond donors (Lipinski definition) is 1. The molecule has 0 bridgehead atoms. The molecule has 2 heterocycles. The molecule has 3 rings (SSSR count). The summed E-state index contributed by atoms with van der Waals surface area (Å²) in [4.78, 5) is 0. The lowest BCUT2D eigenvalue weighted by Crippen LogP contribution is -2.58. The molecule has 1 aromatic carbocycles. The van der Waals surface area contributed by atoms with Crippen molar-refractivity contribution in [3.05, 3.63) is 59.0 Å². The van der Waals surface area contributed by atoms with Crippen LogP contribution in [0, 0.1) is 0 Å². The van der Waals surface area contributed by atoms with Crippen LogP contribution >= 0.6 is 11.6 Å². The fourth-order valence-corrected chi connectivity index (χ4v) is 2.61. The molecular weight excluding hydrogens is 234 g/mol. The van der Waals surface area contributed by atoms with Gasteiger partial charge in [-0.15, -0.1) is 0 Å². The predicted octanol–water partition coefficient (Wildman–Crippen LogP) is 3.02. The highest BCUT2D eigenvalue weighted by Crippen LogP contribution is 2.33. The highest BCUT2D eigenvalue weighted by Gasteiger charge is 2.39. The summed E-state index contributed by atoms with van der Waals surface area (Å²) in [6.07, 6.45) is 2.65. The Morgan fingerprint density at radius 1 is 1.24 bits per heavy atom. The van der Waals surface area contributed by atoms with Crippen LogP contribution in [0.15, 0.2) is 47.1 Å². The molecule has 1 aromatic heterocycles. The van der Waals surface area contributed by atoms with Crippen molar-refractivity contribution in [1.82, 2.24) is 5.32 Å². The van der Waals surface area contributed by atoms with E-state index in [-0.39, 0.29) is 5.41 Å². The van der Waals surface area contributed by atoms with Gasteiger partial charge in [-0.1, -0.05) is 23.7 Å². The van der Waals surface area contributed by atoms with Gasteiger partial charge in [0.2, 0.25) is 0 Å². The van der Waals surface area contributed by atoms with Gasteiger partial charge in [0, 0.05) is 29.9 Å². The van der Waals surface area contributed by atoms with Crippen LogP contribution in [-0.4, -0.2) is 13.1 Å². The lowest BCUT2D eigenvalue weighted by atomic mass is 9.72. The molecule has 1 aliphatic rings. The molecule has 0 spiro atoms. The summed E-state index contributed by atoms with van der Waals surface area (Å²) in [5.41, 5.74) is 1.43. The molecule has 2 aromatic rings. The van der Waals surface area contributed by atoms with Gasteiger partial charge in [0.05, 0.1) is 6.26 Å². The zero-order chi connectivity index (χ0) is 11.7. The third-order valence-corrected chi connectivity index (χ3v) is 3.69. The van der Waals surface area contributed by atoms with Gasteiger partial charge >= 0.3 is 0 Å². The molecule has 17 heavy (non-hydrogen) atoms. The van der Waals surface area contributed by atoms with Crippen LogP contribution in [0.3, 0.4) is 0 Å². The SMILES string of the molecule is Clc1cccc(C2(Cc3ccco3)CNC2)c1. The molecule has 2 nitrogen and oxygen atoms in total. The third-order valence-electron chi connectivity index (χ3n) is 3.46. The summed E-state index contributed by atoms with van der Waals surface area (Å²) < 4.78 is 5.46. The van der Waals surface area contributed by atoms with Gasteiger partial charge < -0.3 is 9.73 Å². The average Bonchev–Trinajstić information content (AvgIpc) is 2.76. The van der Waals surface area contributed by atoms with Crippen LogP contribution in [0.1, 0.15) is 11.3 Å². The molecule has 1 fully saturated rings. The summed E-state index contributed by atoms with van der Waals surface area (Å²) in [6.45, 7) is 1.96. The summed E-state index contributed by atoms with van der Waals surface area (Å²) in [5.74, 6) is 1.03. The maximum atomic E-state index is 6.07. The minimum atomic E-state index is 0.142. The maximum absolute atomic E-state index is 6.07. The van der Waals surface area contributed by atoms with E-state index in [0.717, 1.165) is 30.3 Å². The van der Waals surface area contributed by atoms with Gasteiger partial charge in [-0.25, -0.2) is 0 Å². The van der Waals surface area contributed by atoms with E-state index in [9.17, 15) is 0 Å². The fraction of sp³-hybridized carbons (Fsp3) is 0.286. The van der Waals surface area contributed by atoms with Crippen molar-refractivity contribution < 1.29 is 4.42 Å². The second-order valence-corrected chi connectivity index (χ2v) is 5.09. The van der Waals surface area contributed by atoms with Crippen LogP contribution in [0.25, 0.3) is 0 Å². The van der Waals surface area contributed by atoms with Crippen LogP contribution < -0.4 is 5.32 Å². The van der Waals surface area contributed by atoms with E-state index in [1.165, 1.54) is 5.56 Å². The zero-order valence-corrected chi connectivity index (χ0v) is 10.2. The van der Waals surface area contributed by atoms with Crippen LogP contribution in [-0.2, 0) is 11.8 Å². The van der Waals surface area contributed by atoms with Gasteiger partial charge in [-0.3, -0.25) is 0 Å². The van der Waals surface area contributed by atoms with Crippen molar-refractivity contribution in [3.8, 4) is 0 Å². The van der Waals surface area contributed by atoms with Gasteiger partial charge in [0.15, 0.2) is 0 Å². The molecule has 0 radical (unpaired) electrons. The highest BCUT2D eigenvalue weighted by atomic mass is 35.5. The smallest absolute Gasteiger partial charge is 0.104 e. The Hall–Kier alpha value is -1.25. The topological polar surface area (TPSA) is 25.2 Å². The van der Waals surface area contributed by atoms with Gasteiger partial charge in [-0.2, -0.15) is 0 Å². The van der Waals surface area contributed by atoms with E-state index >= 15 is 0 Å². The Morgan fingerprint density at radius 2 is 2.12 bits per heavy atom. The maximum Gasteiger partial charge on any atom is 0.104 e. The van der Waals surface area contributed by atoms with Crippen molar-refractivity contribution in [2.24, 2.45) is 0 Å². The Morgan fingerprint density at radius 3 is 2.71 bits per heavy atom. The molecule has 0 saturated carbocycles. The van der Waals surface area contributed by atoms with Gasteiger partial charge in [0.1, 0.15) is 5.76 Å². The van der Waals surface area contributed by atoms with E-state index in [4.69, 9.17) is 16.0 Å². The fourth-order valence-electron chi connectivity index (χ4n) is 2.42. The van der Waals surface area contributed by atoms with Crippen LogP contribution in [0.2, 0.25) is 5.02 Å². The molecule has 1 saturated heterocycles. The number of furan rings is 1. The molecule has 1 aliphatic heterocycles. The molecule has 0 amide bonds.